The molecule has 3 atom stereocenters. The summed E-state index contributed by atoms with van der Waals surface area (Å²) in [4.78, 5) is 0. The minimum absolute atomic E-state index is 0.144. The van der Waals surface area contributed by atoms with Crippen LogP contribution in [0.5, 0.6) is 0 Å². The number of aliphatic hydroxyl groups excluding tert-OH is 1. The zero-order valence-electron chi connectivity index (χ0n) is 6.21. The van der Waals surface area contributed by atoms with Crippen LogP contribution in [0.4, 0.5) is 0 Å². The number of rotatable bonds is 1. The number of aliphatic hydroxyl groups is 1. The van der Waals surface area contributed by atoms with Gasteiger partial charge < -0.3 is 10.8 Å². The van der Waals surface area contributed by atoms with Gasteiger partial charge in [0.15, 0.2) is 0 Å². The van der Waals surface area contributed by atoms with Crippen molar-refractivity contribution in [1.29, 1.82) is 0 Å². The molecule has 0 aromatic carbocycles. The summed E-state index contributed by atoms with van der Waals surface area (Å²) in [6.45, 7) is 0.310. The lowest BCUT2D eigenvalue weighted by Gasteiger charge is -2.30. The number of hydrogen-bond donors (Lipinski definition) is 2. The van der Waals surface area contributed by atoms with Gasteiger partial charge in [-0.2, -0.15) is 0 Å². The highest BCUT2D eigenvalue weighted by Crippen LogP contribution is 2.52. The van der Waals surface area contributed by atoms with Gasteiger partial charge in [-0.25, -0.2) is 0 Å². The van der Waals surface area contributed by atoms with Crippen molar-refractivity contribution < 1.29 is 5.11 Å². The molecule has 10 heavy (non-hydrogen) atoms. The molecule has 2 aliphatic rings. The first-order valence-corrected chi connectivity index (χ1v) is 4.13. The van der Waals surface area contributed by atoms with Crippen LogP contribution in [0.3, 0.4) is 0 Å². The lowest BCUT2D eigenvalue weighted by Crippen LogP contribution is -2.40. The normalized spacial score (nSPS) is 52.2. The lowest BCUT2D eigenvalue weighted by molar-refractivity contribution is 0.115. The predicted octanol–water partition coefficient (Wildman–Crippen LogP) is 0.496. The van der Waals surface area contributed by atoms with Gasteiger partial charge in [-0.15, -0.1) is 0 Å². The van der Waals surface area contributed by atoms with E-state index in [2.05, 4.69) is 0 Å². The first-order valence-electron chi connectivity index (χ1n) is 4.13. The quantitative estimate of drug-likeness (QED) is 0.558. The van der Waals surface area contributed by atoms with E-state index in [4.69, 9.17) is 10.8 Å². The standard InChI is InChI=1S/C8H15NO/c9-7-3-6-1-2-8(7,4-6)5-10/h6-7,10H,1-5,9H2/t6-,7+,8-/m0/s1. The Balaban J connectivity index is 2.19. The van der Waals surface area contributed by atoms with Gasteiger partial charge in [0.05, 0.1) is 6.61 Å². The Bertz CT molecular complexity index is 148. The fourth-order valence-corrected chi connectivity index (χ4v) is 2.68. The average Bonchev–Trinajstić information content (AvgIpc) is 2.44. The molecule has 0 spiro atoms. The van der Waals surface area contributed by atoms with Crippen molar-refractivity contribution in [3.63, 3.8) is 0 Å². The molecule has 2 fully saturated rings. The summed E-state index contributed by atoms with van der Waals surface area (Å²) in [6, 6.07) is 0.288. The molecule has 0 aromatic heterocycles. The lowest BCUT2D eigenvalue weighted by atomic mass is 9.81. The minimum Gasteiger partial charge on any atom is -0.396 e. The maximum atomic E-state index is 9.13. The molecule has 3 N–H and O–H groups in total. The van der Waals surface area contributed by atoms with E-state index in [1.807, 2.05) is 0 Å². The molecule has 58 valence electrons. The van der Waals surface area contributed by atoms with Crippen molar-refractivity contribution in [2.75, 3.05) is 6.61 Å². The van der Waals surface area contributed by atoms with Crippen LogP contribution in [0.15, 0.2) is 0 Å². The largest absolute Gasteiger partial charge is 0.396 e. The van der Waals surface area contributed by atoms with Crippen molar-refractivity contribution in [2.24, 2.45) is 17.1 Å². The van der Waals surface area contributed by atoms with E-state index in [0.717, 1.165) is 18.8 Å². The van der Waals surface area contributed by atoms with Gasteiger partial charge in [-0.05, 0) is 31.6 Å². The van der Waals surface area contributed by atoms with E-state index >= 15 is 0 Å². The highest BCUT2D eigenvalue weighted by molar-refractivity contribution is 5.03. The smallest absolute Gasteiger partial charge is 0.0502 e. The molecular formula is C8H15NO. The van der Waals surface area contributed by atoms with Crippen LogP contribution in [0.25, 0.3) is 0 Å². The molecule has 0 radical (unpaired) electrons. The van der Waals surface area contributed by atoms with Gasteiger partial charge in [-0.3, -0.25) is 0 Å². The molecule has 0 saturated heterocycles. The highest BCUT2D eigenvalue weighted by atomic mass is 16.3. The summed E-state index contributed by atoms with van der Waals surface area (Å²) in [5.74, 6) is 0.835. The molecular weight excluding hydrogens is 126 g/mol. The van der Waals surface area contributed by atoms with Gasteiger partial charge in [-0.1, -0.05) is 0 Å². The Morgan fingerprint density at radius 3 is 2.70 bits per heavy atom. The maximum Gasteiger partial charge on any atom is 0.0502 e. The van der Waals surface area contributed by atoms with Gasteiger partial charge in [0.25, 0.3) is 0 Å². The fraction of sp³-hybridized carbons (Fsp3) is 1.00. The van der Waals surface area contributed by atoms with Crippen molar-refractivity contribution in [1.82, 2.24) is 0 Å². The van der Waals surface area contributed by atoms with Gasteiger partial charge in [0.2, 0.25) is 0 Å². The third-order valence-corrected chi connectivity index (χ3v) is 3.43. The van der Waals surface area contributed by atoms with E-state index in [9.17, 15) is 0 Å². The van der Waals surface area contributed by atoms with Gasteiger partial charge >= 0.3 is 0 Å². The Morgan fingerprint density at radius 2 is 2.40 bits per heavy atom. The second kappa shape index (κ2) is 1.95. The van der Waals surface area contributed by atoms with Crippen LogP contribution < -0.4 is 5.73 Å². The molecule has 0 amide bonds. The summed E-state index contributed by atoms with van der Waals surface area (Å²) in [5.41, 5.74) is 6.05. The van der Waals surface area contributed by atoms with E-state index in [1.165, 1.54) is 12.8 Å². The van der Waals surface area contributed by atoms with Gasteiger partial charge in [0, 0.05) is 11.5 Å². The summed E-state index contributed by atoms with van der Waals surface area (Å²) < 4.78 is 0. The summed E-state index contributed by atoms with van der Waals surface area (Å²) in [5, 5.41) is 9.13. The summed E-state index contributed by atoms with van der Waals surface area (Å²) in [6.07, 6.45) is 4.80. The third kappa shape index (κ3) is 0.663. The van der Waals surface area contributed by atoms with Gasteiger partial charge in [0.1, 0.15) is 0 Å². The second-order valence-electron chi connectivity index (χ2n) is 3.97. The topological polar surface area (TPSA) is 46.2 Å². The molecule has 2 aliphatic carbocycles. The van der Waals surface area contributed by atoms with Crippen LogP contribution in [0.1, 0.15) is 25.7 Å². The Labute approximate surface area is 61.4 Å². The zero-order valence-corrected chi connectivity index (χ0v) is 6.21. The van der Waals surface area contributed by atoms with Crippen LogP contribution in [0.2, 0.25) is 0 Å². The monoisotopic (exact) mass is 141 g/mol. The summed E-state index contributed by atoms with van der Waals surface area (Å²) >= 11 is 0. The zero-order chi connectivity index (χ0) is 7.19. The third-order valence-electron chi connectivity index (χ3n) is 3.43. The average molecular weight is 141 g/mol. The molecule has 2 heteroatoms. The number of fused-ring (bicyclic) bond motifs is 2. The number of nitrogens with two attached hydrogens (primary N) is 1. The van der Waals surface area contributed by atoms with E-state index in [-0.39, 0.29) is 11.5 Å². The SMILES string of the molecule is N[C@@H]1C[C@@H]2CC[C@@]1(CO)C2. The maximum absolute atomic E-state index is 9.13. The van der Waals surface area contributed by atoms with Crippen molar-refractivity contribution in [3.8, 4) is 0 Å². The van der Waals surface area contributed by atoms with Crippen LogP contribution >= 0.6 is 0 Å². The van der Waals surface area contributed by atoms with Crippen molar-refractivity contribution in [2.45, 2.75) is 31.7 Å². The molecule has 0 heterocycles. The van der Waals surface area contributed by atoms with Crippen LogP contribution in [-0.2, 0) is 0 Å². The minimum atomic E-state index is 0.144. The second-order valence-corrected chi connectivity index (χ2v) is 3.97. The fourth-order valence-electron chi connectivity index (χ4n) is 2.68. The van der Waals surface area contributed by atoms with E-state index < -0.39 is 0 Å². The van der Waals surface area contributed by atoms with Crippen LogP contribution in [-0.4, -0.2) is 17.8 Å². The molecule has 0 aromatic rings. The van der Waals surface area contributed by atoms with E-state index in [0.29, 0.717) is 6.61 Å². The van der Waals surface area contributed by atoms with Crippen LogP contribution in [0, 0.1) is 11.3 Å². The molecule has 0 aliphatic heterocycles. The molecule has 2 nitrogen and oxygen atoms in total. The number of hydrogen-bond acceptors (Lipinski definition) is 2. The molecule has 2 saturated carbocycles. The summed E-state index contributed by atoms with van der Waals surface area (Å²) in [7, 11) is 0. The Kier molecular flexibility index (Phi) is 1.29. The Morgan fingerprint density at radius 1 is 1.60 bits per heavy atom. The van der Waals surface area contributed by atoms with E-state index in [1.54, 1.807) is 0 Å². The first-order chi connectivity index (χ1) is 4.77. The predicted molar refractivity (Wildman–Crippen MR) is 39.5 cm³/mol. The van der Waals surface area contributed by atoms with Crippen molar-refractivity contribution >= 4 is 0 Å². The molecule has 0 unspecified atom stereocenters. The first kappa shape index (κ1) is 6.62. The molecule has 2 bridgehead atoms. The molecule has 2 rings (SSSR count). The Hall–Kier alpha value is -0.0800. The highest BCUT2D eigenvalue weighted by Gasteiger charge is 2.49. The van der Waals surface area contributed by atoms with Crippen molar-refractivity contribution in [3.05, 3.63) is 0 Å².